The molecule has 0 spiro atoms. The van der Waals surface area contributed by atoms with Crippen LogP contribution in [0.1, 0.15) is 19.8 Å². The Hall–Kier alpha value is -2.24. The summed E-state index contributed by atoms with van der Waals surface area (Å²) in [6, 6.07) is 14.2. The number of para-hydroxylation sites is 2. The first-order valence-corrected chi connectivity index (χ1v) is 9.06. The molecule has 0 bridgehead atoms. The Morgan fingerprint density at radius 3 is 2.77 bits per heavy atom. The maximum absolute atomic E-state index is 12.5. The summed E-state index contributed by atoms with van der Waals surface area (Å²) in [6.07, 6.45) is 1.51. The van der Waals surface area contributed by atoms with Crippen LogP contribution in [0.5, 0.6) is 11.5 Å². The van der Waals surface area contributed by atoms with Crippen LogP contribution >= 0.6 is 11.6 Å². The van der Waals surface area contributed by atoms with Crippen LogP contribution in [0.25, 0.3) is 0 Å². The van der Waals surface area contributed by atoms with Gasteiger partial charge in [0.05, 0.1) is 11.8 Å². The summed E-state index contributed by atoms with van der Waals surface area (Å²) in [6.45, 7) is 2.95. The zero-order valence-corrected chi connectivity index (χ0v) is 15.4. The van der Waals surface area contributed by atoms with Crippen molar-refractivity contribution in [1.29, 1.82) is 0 Å². The summed E-state index contributed by atoms with van der Waals surface area (Å²) >= 11 is 5.85. The maximum atomic E-state index is 12.5. The van der Waals surface area contributed by atoms with Crippen LogP contribution in [0, 0.1) is 0 Å². The highest BCUT2D eigenvalue weighted by molar-refractivity contribution is 6.30. The predicted octanol–water partition coefficient (Wildman–Crippen LogP) is 4.30. The number of ether oxygens (including phenoxy) is 3. The van der Waals surface area contributed by atoms with Gasteiger partial charge in [-0.1, -0.05) is 23.7 Å². The van der Waals surface area contributed by atoms with E-state index in [1.165, 1.54) is 0 Å². The molecule has 1 N–H and O–H groups in total. The van der Waals surface area contributed by atoms with Crippen molar-refractivity contribution >= 4 is 23.2 Å². The molecule has 3 rings (SSSR count). The molecule has 1 heterocycles. The molecule has 0 unspecified atom stereocenters. The molecule has 2 atom stereocenters. The van der Waals surface area contributed by atoms with E-state index >= 15 is 0 Å². The summed E-state index contributed by atoms with van der Waals surface area (Å²) in [5, 5.41) is 3.48. The van der Waals surface area contributed by atoms with Crippen molar-refractivity contribution in [3.05, 3.63) is 53.6 Å². The molecule has 1 fully saturated rings. The van der Waals surface area contributed by atoms with Crippen LogP contribution in [-0.2, 0) is 9.53 Å². The Morgan fingerprint density at radius 1 is 1.27 bits per heavy atom. The minimum Gasteiger partial charge on any atom is -0.489 e. The number of benzene rings is 2. The molecular formula is C20H22ClNO4. The predicted molar refractivity (Wildman–Crippen MR) is 101 cm³/mol. The van der Waals surface area contributed by atoms with Gasteiger partial charge in [0.25, 0.3) is 5.91 Å². The maximum Gasteiger partial charge on any atom is 0.265 e. The van der Waals surface area contributed by atoms with Gasteiger partial charge in [-0.25, -0.2) is 0 Å². The molecule has 1 aliphatic rings. The quantitative estimate of drug-likeness (QED) is 0.783. The highest BCUT2D eigenvalue weighted by atomic mass is 35.5. The van der Waals surface area contributed by atoms with Gasteiger partial charge in [-0.3, -0.25) is 4.79 Å². The molecule has 0 aliphatic carbocycles. The molecule has 2 aromatic carbocycles. The van der Waals surface area contributed by atoms with E-state index in [2.05, 4.69) is 5.32 Å². The minimum atomic E-state index is -0.664. The van der Waals surface area contributed by atoms with Crippen LogP contribution in [0.2, 0.25) is 5.02 Å². The number of carbonyl (C=O) groups is 1. The van der Waals surface area contributed by atoms with Gasteiger partial charge in [-0.05, 0) is 56.2 Å². The second kappa shape index (κ2) is 8.92. The van der Waals surface area contributed by atoms with Crippen molar-refractivity contribution < 1.29 is 19.0 Å². The van der Waals surface area contributed by atoms with E-state index in [0.29, 0.717) is 28.8 Å². The number of rotatable bonds is 7. The molecule has 0 aromatic heterocycles. The fourth-order valence-electron chi connectivity index (χ4n) is 2.66. The largest absolute Gasteiger partial charge is 0.489 e. The topological polar surface area (TPSA) is 56.8 Å². The van der Waals surface area contributed by atoms with Gasteiger partial charge >= 0.3 is 0 Å². The molecule has 5 nitrogen and oxygen atoms in total. The van der Waals surface area contributed by atoms with Gasteiger partial charge in [0.1, 0.15) is 18.1 Å². The fraction of sp³-hybridized carbons (Fsp3) is 0.350. The third-order valence-corrected chi connectivity index (χ3v) is 4.34. The zero-order valence-electron chi connectivity index (χ0n) is 14.6. The first kappa shape index (κ1) is 18.5. The number of amides is 1. The molecule has 0 radical (unpaired) electrons. The Morgan fingerprint density at radius 2 is 2.04 bits per heavy atom. The molecule has 1 aliphatic heterocycles. The average Bonchev–Trinajstić information content (AvgIpc) is 3.16. The number of hydrogen-bond donors (Lipinski definition) is 1. The second-order valence-corrected chi connectivity index (χ2v) is 6.58. The minimum absolute atomic E-state index is 0.117. The third kappa shape index (κ3) is 5.13. The fourth-order valence-corrected chi connectivity index (χ4v) is 2.79. The third-order valence-electron chi connectivity index (χ3n) is 4.09. The highest BCUT2D eigenvalue weighted by Crippen LogP contribution is 2.25. The second-order valence-electron chi connectivity index (χ2n) is 6.15. The Labute approximate surface area is 158 Å². The van der Waals surface area contributed by atoms with Gasteiger partial charge in [-0.15, -0.1) is 0 Å². The normalized spacial score (nSPS) is 17.5. The summed E-state index contributed by atoms with van der Waals surface area (Å²) in [5.74, 6) is 0.947. The van der Waals surface area contributed by atoms with E-state index in [4.69, 9.17) is 25.8 Å². The lowest BCUT2D eigenvalue weighted by Crippen LogP contribution is -2.30. The van der Waals surface area contributed by atoms with Crippen molar-refractivity contribution in [3.8, 4) is 11.5 Å². The molecule has 138 valence electrons. The lowest BCUT2D eigenvalue weighted by molar-refractivity contribution is -0.122. The molecule has 6 heteroatoms. The van der Waals surface area contributed by atoms with Crippen molar-refractivity contribution in [2.45, 2.75) is 32.0 Å². The summed E-state index contributed by atoms with van der Waals surface area (Å²) in [5.41, 5.74) is 0.613. The van der Waals surface area contributed by atoms with Gasteiger partial charge < -0.3 is 19.5 Å². The Balaban J connectivity index is 1.58. The molecule has 1 saturated heterocycles. The van der Waals surface area contributed by atoms with E-state index in [-0.39, 0.29) is 12.0 Å². The van der Waals surface area contributed by atoms with Crippen LogP contribution in [-0.4, -0.2) is 31.3 Å². The van der Waals surface area contributed by atoms with Gasteiger partial charge in [-0.2, -0.15) is 0 Å². The number of carbonyl (C=O) groups excluding carboxylic acids is 1. The van der Waals surface area contributed by atoms with E-state index in [1.54, 1.807) is 37.3 Å². The standard InChI is InChI=1S/C20H22ClNO4/c1-14(26-16-10-8-15(21)9-11-16)20(23)22-18-6-2-3-7-19(18)25-13-17-5-4-12-24-17/h2-3,6-11,14,17H,4-5,12-13H2,1H3,(H,22,23)/t14-,17-/m0/s1. The van der Waals surface area contributed by atoms with E-state index in [1.807, 2.05) is 18.2 Å². The van der Waals surface area contributed by atoms with E-state index < -0.39 is 6.10 Å². The molecule has 1 amide bonds. The summed E-state index contributed by atoms with van der Waals surface area (Å²) in [4.78, 5) is 12.5. The van der Waals surface area contributed by atoms with Crippen LogP contribution in [0.3, 0.4) is 0 Å². The highest BCUT2D eigenvalue weighted by Gasteiger charge is 2.19. The van der Waals surface area contributed by atoms with E-state index in [9.17, 15) is 4.79 Å². The van der Waals surface area contributed by atoms with Crippen LogP contribution in [0.15, 0.2) is 48.5 Å². The number of halogens is 1. The van der Waals surface area contributed by atoms with Gasteiger partial charge in [0, 0.05) is 11.6 Å². The molecule has 26 heavy (non-hydrogen) atoms. The van der Waals surface area contributed by atoms with Crippen molar-refractivity contribution in [2.24, 2.45) is 0 Å². The van der Waals surface area contributed by atoms with Gasteiger partial charge in [0.2, 0.25) is 0 Å². The lowest BCUT2D eigenvalue weighted by Gasteiger charge is -2.18. The summed E-state index contributed by atoms with van der Waals surface area (Å²) < 4.78 is 17.1. The summed E-state index contributed by atoms with van der Waals surface area (Å²) in [7, 11) is 0. The Bertz CT molecular complexity index is 729. The van der Waals surface area contributed by atoms with Crippen molar-refractivity contribution in [3.63, 3.8) is 0 Å². The molecular weight excluding hydrogens is 354 g/mol. The molecule has 0 saturated carbocycles. The van der Waals surface area contributed by atoms with Crippen molar-refractivity contribution in [1.82, 2.24) is 0 Å². The van der Waals surface area contributed by atoms with Crippen molar-refractivity contribution in [2.75, 3.05) is 18.5 Å². The first-order chi connectivity index (χ1) is 12.6. The smallest absolute Gasteiger partial charge is 0.265 e. The first-order valence-electron chi connectivity index (χ1n) is 8.68. The average molecular weight is 376 g/mol. The van der Waals surface area contributed by atoms with Crippen LogP contribution in [0.4, 0.5) is 5.69 Å². The number of nitrogens with one attached hydrogen (secondary N) is 1. The molecule has 2 aromatic rings. The van der Waals surface area contributed by atoms with Crippen LogP contribution < -0.4 is 14.8 Å². The van der Waals surface area contributed by atoms with Gasteiger partial charge in [0.15, 0.2) is 6.10 Å². The zero-order chi connectivity index (χ0) is 18.4. The Kier molecular flexibility index (Phi) is 6.36. The number of anilines is 1. The number of hydrogen-bond acceptors (Lipinski definition) is 4. The lowest BCUT2D eigenvalue weighted by atomic mass is 10.2. The SMILES string of the molecule is C[C@H](Oc1ccc(Cl)cc1)C(=O)Nc1ccccc1OC[C@@H]1CCCO1. The monoisotopic (exact) mass is 375 g/mol. The van der Waals surface area contributed by atoms with E-state index in [0.717, 1.165) is 19.4 Å².